The average Bonchev–Trinajstić information content (AvgIpc) is 2.46. The molecule has 4 nitrogen and oxygen atoms in total. The van der Waals surface area contributed by atoms with E-state index < -0.39 is 6.10 Å². The molecule has 0 amide bonds. The van der Waals surface area contributed by atoms with Crippen molar-refractivity contribution in [3.8, 4) is 0 Å². The molecule has 0 bridgehead atoms. The zero-order valence-corrected chi connectivity index (χ0v) is 14.4. The van der Waals surface area contributed by atoms with Gasteiger partial charge in [-0.05, 0) is 37.0 Å². The first kappa shape index (κ1) is 17.5. The normalized spacial score (nSPS) is 17.5. The van der Waals surface area contributed by atoms with Crippen LogP contribution in [0.5, 0.6) is 0 Å². The van der Waals surface area contributed by atoms with Crippen LogP contribution in [-0.2, 0) is 0 Å². The number of hydrogen-bond donors (Lipinski definition) is 2. The summed E-state index contributed by atoms with van der Waals surface area (Å²) in [6.07, 6.45) is 2.95. The fourth-order valence-electron chi connectivity index (χ4n) is 2.19. The molecular formula is C14H21ClIN3O. The van der Waals surface area contributed by atoms with E-state index in [1.807, 2.05) is 0 Å². The van der Waals surface area contributed by atoms with Gasteiger partial charge >= 0.3 is 0 Å². The van der Waals surface area contributed by atoms with E-state index in [-0.39, 0.29) is 30.5 Å². The average molecular weight is 410 g/mol. The summed E-state index contributed by atoms with van der Waals surface area (Å²) < 4.78 is 0. The van der Waals surface area contributed by atoms with Crippen molar-refractivity contribution < 1.29 is 5.11 Å². The highest BCUT2D eigenvalue weighted by Gasteiger charge is 2.13. The Labute approximate surface area is 142 Å². The smallest absolute Gasteiger partial charge is 0.191 e. The van der Waals surface area contributed by atoms with Crippen LogP contribution in [0, 0.1) is 0 Å². The number of benzene rings is 1. The summed E-state index contributed by atoms with van der Waals surface area (Å²) in [7, 11) is 0. The molecule has 0 radical (unpaired) electrons. The number of nitrogens with zero attached hydrogens (tertiary/aromatic N) is 2. The molecule has 1 heterocycles. The van der Waals surface area contributed by atoms with Gasteiger partial charge in [0, 0.05) is 18.1 Å². The van der Waals surface area contributed by atoms with Gasteiger partial charge in [0.1, 0.15) is 0 Å². The number of aliphatic hydroxyl groups excluding tert-OH is 1. The molecule has 1 fully saturated rings. The molecule has 0 saturated carbocycles. The molecule has 0 aliphatic carbocycles. The maximum Gasteiger partial charge on any atom is 0.191 e. The minimum atomic E-state index is -0.638. The summed E-state index contributed by atoms with van der Waals surface area (Å²) >= 11 is 5.81. The largest absolute Gasteiger partial charge is 0.386 e. The van der Waals surface area contributed by atoms with Crippen LogP contribution in [0.3, 0.4) is 0 Å². The van der Waals surface area contributed by atoms with Gasteiger partial charge in [-0.3, -0.25) is 4.99 Å². The molecule has 0 spiro atoms. The fraction of sp³-hybridized carbons (Fsp3) is 0.500. The second-order valence-electron chi connectivity index (χ2n) is 4.81. The Bertz CT molecular complexity index is 433. The van der Waals surface area contributed by atoms with Gasteiger partial charge in [0.15, 0.2) is 5.96 Å². The first-order valence-electron chi connectivity index (χ1n) is 6.65. The lowest BCUT2D eigenvalue weighted by molar-refractivity contribution is 0.186. The van der Waals surface area contributed by atoms with Crippen molar-refractivity contribution in [2.24, 2.45) is 10.7 Å². The molecule has 112 valence electrons. The number of nitrogens with two attached hydrogens (primary N) is 1. The van der Waals surface area contributed by atoms with Crippen molar-refractivity contribution in [1.29, 1.82) is 0 Å². The molecule has 20 heavy (non-hydrogen) atoms. The van der Waals surface area contributed by atoms with E-state index >= 15 is 0 Å². The monoisotopic (exact) mass is 409 g/mol. The first-order valence-corrected chi connectivity index (χ1v) is 7.03. The van der Waals surface area contributed by atoms with Gasteiger partial charge in [0.2, 0.25) is 0 Å². The van der Waals surface area contributed by atoms with E-state index in [0.29, 0.717) is 11.0 Å². The fourth-order valence-corrected chi connectivity index (χ4v) is 2.32. The van der Waals surface area contributed by atoms with E-state index in [0.717, 1.165) is 31.5 Å². The standard InChI is InChI=1S/C14H20ClN3O.HI/c15-12-6-4-11(5-7-12)13(19)10-17-14(16)18-8-2-1-3-9-18;/h4-7,13,19H,1-3,8-10H2,(H2,16,17);1H. The Morgan fingerprint density at radius 2 is 1.85 bits per heavy atom. The molecule has 1 atom stereocenters. The number of guanidine groups is 1. The number of aliphatic hydroxyl groups is 1. The summed E-state index contributed by atoms with van der Waals surface area (Å²) in [6.45, 7) is 2.21. The van der Waals surface area contributed by atoms with Gasteiger partial charge in [-0.2, -0.15) is 0 Å². The number of rotatable bonds is 3. The zero-order valence-electron chi connectivity index (χ0n) is 11.3. The molecule has 6 heteroatoms. The molecular weight excluding hydrogens is 389 g/mol. The van der Waals surface area contributed by atoms with E-state index in [1.165, 1.54) is 6.42 Å². The molecule has 1 aliphatic rings. The van der Waals surface area contributed by atoms with E-state index in [1.54, 1.807) is 24.3 Å². The molecule has 1 unspecified atom stereocenters. The lowest BCUT2D eigenvalue weighted by Gasteiger charge is -2.27. The van der Waals surface area contributed by atoms with Crippen LogP contribution in [0.2, 0.25) is 5.02 Å². The van der Waals surface area contributed by atoms with Gasteiger partial charge in [0.05, 0.1) is 12.6 Å². The van der Waals surface area contributed by atoms with Crippen molar-refractivity contribution in [2.75, 3.05) is 19.6 Å². The van der Waals surface area contributed by atoms with Crippen molar-refractivity contribution in [3.05, 3.63) is 34.9 Å². The highest BCUT2D eigenvalue weighted by molar-refractivity contribution is 14.0. The predicted molar refractivity (Wildman–Crippen MR) is 93.7 cm³/mol. The Kier molecular flexibility index (Phi) is 7.61. The van der Waals surface area contributed by atoms with E-state index in [4.69, 9.17) is 17.3 Å². The van der Waals surface area contributed by atoms with Crippen molar-refractivity contribution in [3.63, 3.8) is 0 Å². The van der Waals surface area contributed by atoms with Crippen LogP contribution in [0.1, 0.15) is 30.9 Å². The van der Waals surface area contributed by atoms with Crippen LogP contribution in [0.25, 0.3) is 0 Å². The Morgan fingerprint density at radius 3 is 2.45 bits per heavy atom. The number of aliphatic imine (C=N–C) groups is 1. The Balaban J connectivity index is 0.00000200. The van der Waals surface area contributed by atoms with Crippen LogP contribution in [-0.4, -0.2) is 35.6 Å². The summed E-state index contributed by atoms with van der Waals surface area (Å²) in [5.74, 6) is 0.535. The predicted octanol–water partition coefficient (Wildman–Crippen LogP) is 2.79. The molecule has 1 aromatic rings. The molecule has 0 aromatic heterocycles. The van der Waals surface area contributed by atoms with Crippen molar-refractivity contribution in [1.82, 2.24) is 4.90 Å². The topological polar surface area (TPSA) is 61.9 Å². The SMILES string of the molecule is I.NC(=NCC(O)c1ccc(Cl)cc1)N1CCCCC1. The molecule has 2 rings (SSSR count). The lowest BCUT2D eigenvalue weighted by Crippen LogP contribution is -2.41. The first-order chi connectivity index (χ1) is 9.16. The molecule has 1 aromatic carbocycles. The molecule has 1 aliphatic heterocycles. The third kappa shape index (κ3) is 5.10. The minimum absolute atomic E-state index is 0. The van der Waals surface area contributed by atoms with Gasteiger partial charge in [0.25, 0.3) is 0 Å². The number of halogens is 2. The number of piperidine rings is 1. The maximum absolute atomic E-state index is 10.0. The van der Waals surface area contributed by atoms with Crippen LogP contribution in [0.15, 0.2) is 29.3 Å². The van der Waals surface area contributed by atoms with Gasteiger partial charge in [-0.25, -0.2) is 0 Å². The van der Waals surface area contributed by atoms with Gasteiger partial charge in [-0.1, -0.05) is 23.7 Å². The van der Waals surface area contributed by atoms with Crippen molar-refractivity contribution in [2.45, 2.75) is 25.4 Å². The summed E-state index contributed by atoms with van der Waals surface area (Å²) in [6, 6.07) is 7.13. The highest BCUT2D eigenvalue weighted by atomic mass is 127. The van der Waals surface area contributed by atoms with E-state index in [2.05, 4.69) is 9.89 Å². The second kappa shape index (κ2) is 8.69. The Morgan fingerprint density at radius 1 is 1.25 bits per heavy atom. The number of hydrogen-bond acceptors (Lipinski definition) is 2. The highest BCUT2D eigenvalue weighted by Crippen LogP contribution is 2.17. The number of likely N-dealkylation sites (tertiary alicyclic amines) is 1. The van der Waals surface area contributed by atoms with E-state index in [9.17, 15) is 5.11 Å². The van der Waals surface area contributed by atoms with Crippen LogP contribution in [0.4, 0.5) is 0 Å². The lowest BCUT2D eigenvalue weighted by atomic mass is 10.1. The van der Waals surface area contributed by atoms with Gasteiger partial charge in [-0.15, -0.1) is 24.0 Å². The quantitative estimate of drug-likeness (QED) is 0.458. The second-order valence-corrected chi connectivity index (χ2v) is 5.25. The Hall–Kier alpha value is -0.530. The zero-order chi connectivity index (χ0) is 13.7. The minimum Gasteiger partial charge on any atom is -0.386 e. The molecule has 3 N–H and O–H groups in total. The third-order valence-electron chi connectivity index (χ3n) is 3.36. The summed E-state index contributed by atoms with van der Waals surface area (Å²) in [5, 5.41) is 10.7. The summed E-state index contributed by atoms with van der Waals surface area (Å²) in [4.78, 5) is 6.37. The third-order valence-corrected chi connectivity index (χ3v) is 3.61. The summed E-state index contributed by atoms with van der Waals surface area (Å²) in [5.41, 5.74) is 6.75. The maximum atomic E-state index is 10.0. The molecule has 1 saturated heterocycles. The van der Waals surface area contributed by atoms with Crippen molar-refractivity contribution >= 4 is 41.5 Å². The van der Waals surface area contributed by atoms with Crippen LogP contribution < -0.4 is 5.73 Å². The van der Waals surface area contributed by atoms with Crippen LogP contribution >= 0.6 is 35.6 Å². The van der Waals surface area contributed by atoms with Gasteiger partial charge < -0.3 is 15.7 Å².